The third-order valence-corrected chi connectivity index (χ3v) is 6.87. The predicted molar refractivity (Wildman–Crippen MR) is 108 cm³/mol. The van der Waals surface area contributed by atoms with Crippen LogP contribution in [0.2, 0.25) is 0 Å². The summed E-state index contributed by atoms with van der Waals surface area (Å²) in [5.74, 6) is 0.507. The molecule has 0 aliphatic carbocycles. The highest BCUT2D eigenvalue weighted by molar-refractivity contribution is 7.89. The molecule has 1 fully saturated rings. The number of hydrogen-bond donors (Lipinski definition) is 2. The molecule has 1 aliphatic heterocycles. The molecule has 1 atom stereocenters. The average molecular weight is 406 g/mol. The summed E-state index contributed by atoms with van der Waals surface area (Å²) in [6.07, 6.45) is 4.41. The molecular weight excluding hydrogens is 378 g/mol. The first-order valence-corrected chi connectivity index (χ1v) is 11.0. The van der Waals surface area contributed by atoms with E-state index in [-0.39, 0.29) is 23.4 Å². The Kier molecular flexibility index (Phi) is 6.53. The van der Waals surface area contributed by atoms with Crippen molar-refractivity contribution in [1.82, 2.24) is 9.62 Å². The maximum Gasteiger partial charge on any atom is 0.243 e. The fourth-order valence-electron chi connectivity index (χ4n) is 3.23. The van der Waals surface area contributed by atoms with Gasteiger partial charge in [-0.15, -0.1) is 0 Å². The highest BCUT2D eigenvalue weighted by Crippen LogP contribution is 2.25. The number of benzene rings is 1. The van der Waals surface area contributed by atoms with Crippen molar-refractivity contribution < 1.29 is 17.6 Å². The van der Waals surface area contributed by atoms with Gasteiger partial charge in [0.05, 0.1) is 23.7 Å². The second-order valence-electron chi connectivity index (χ2n) is 7.11. The molecule has 1 aromatic heterocycles. The van der Waals surface area contributed by atoms with Gasteiger partial charge < -0.3 is 9.73 Å². The number of furan rings is 1. The standard InChI is InChI=1S/C20H27N3O4S/c1-15-8-9-17(28(25,26)23-10-4-3-5-11-23)13-18(15)22-20(24)14-21-16(2)19-7-6-12-27-19/h6-9,12-13,16,21H,3-5,10-11,14H2,1-2H3,(H,22,24)/t16-/m0/s1. The molecule has 2 N–H and O–H groups in total. The van der Waals surface area contributed by atoms with Crippen LogP contribution in [0.3, 0.4) is 0 Å². The minimum absolute atomic E-state index is 0.0877. The van der Waals surface area contributed by atoms with Crippen molar-refractivity contribution in [1.29, 1.82) is 0 Å². The van der Waals surface area contributed by atoms with Crippen molar-refractivity contribution in [2.75, 3.05) is 25.0 Å². The smallest absolute Gasteiger partial charge is 0.243 e. The van der Waals surface area contributed by atoms with Gasteiger partial charge in [-0.1, -0.05) is 12.5 Å². The van der Waals surface area contributed by atoms with E-state index in [1.807, 2.05) is 19.9 Å². The summed E-state index contributed by atoms with van der Waals surface area (Å²) in [4.78, 5) is 12.6. The summed E-state index contributed by atoms with van der Waals surface area (Å²) in [6, 6.07) is 8.41. The average Bonchev–Trinajstić information content (AvgIpc) is 3.23. The van der Waals surface area contributed by atoms with E-state index < -0.39 is 10.0 Å². The SMILES string of the molecule is Cc1ccc(S(=O)(=O)N2CCCCC2)cc1NC(=O)CN[C@@H](C)c1ccco1. The van der Waals surface area contributed by atoms with Crippen molar-refractivity contribution in [3.63, 3.8) is 0 Å². The van der Waals surface area contributed by atoms with Crippen LogP contribution in [0, 0.1) is 6.92 Å². The number of carbonyl (C=O) groups is 1. The van der Waals surface area contributed by atoms with Crippen molar-refractivity contribution in [2.45, 2.75) is 44.0 Å². The minimum Gasteiger partial charge on any atom is -0.468 e. The molecule has 7 nitrogen and oxygen atoms in total. The molecule has 0 saturated carbocycles. The van der Waals surface area contributed by atoms with E-state index in [9.17, 15) is 13.2 Å². The topological polar surface area (TPSA) is 91.7 Å². The fourth-order valence-corrected chi connectivity index (χ4v) is 4.77. The van der Waals surface area contributed by atoms with Gasteiger partial charge in [0.25, 0.3) is 0 Å². The van der Waals surface area contributed by atoms with E-state index in [1.54, 1.807) is 30.5 Å². The largest absolute Gasteiger partial charge is 0.468 e. The second kappa shape index (κ2) is 8.89. The Balaban J connectivity index is 1.66. The van der Waals surface area contributed by atoms with Crippen LogP contribution < -0.4 is 10.6 Å². The molecule has 1 aliphatic rings. The van der Waals surface area contributed by atoms with Gasteiger partial charge >= 0.3 is 0 Å². The number of rotatable bonds is 7. The number of carbonyl (C=O) groups excluding carboxylic acids is 1. The number of hydrogen-bond acceptors (Lipinski definition) is 5. The summed E-state index contributed by atoms with van der Waals surface area (Å²) in [7, 11) is -3.54. The highest BCUT2D eigenvalue weighted by Gasteiger charge is 2.26. The maximum atomic E-state index is 12.9. The first kappa shape index (κ1) is 20.6. The third-order valence-electron chi connectivity index (χ3n) is 4.97. The lowest BCUT2D eigenvalue weighted by atomic mass is 10.2. The molecule has 0 radical (unpaired) electrons. The Bertz CT molecular complexity index is 904. The molecule has 1 saturated heterocycles. The summed E-state index contributed by atoms with van der Waals surface area (Å²) >= 11 is 0. The number of nitrogens with one attached hydrogen (secondary N) is 2. The van der Waals surface area contributed by atoms with E-state index in [0.717, 1.165) is 30.6 Å². The fraction of sp³-hybridized carbons (Fsp3) is 0.450. The van der Waals surface area contributed by atoms with Gasteiger partial charge in [-0.05, 0) is 56.5 Å². The maximum absolute atomic E-state index is 12.9. The number of sulfonamides is 1. The molecule has 28 heavy (non-hydrogen) atoms. The molecule has 3 rings (SSSR count). The molecule has 0 unspecified atom stereocenters. The van der Waals surface area contributed by atoms with E-state index in [2.05, 4.69) is 10.6 Å². The lowest BCUT2D eigenvalue weighted by molar-refractivity contribution is -0.115. The lowest BCUT2D eigenvalue weighted by Gasteiger charge is -2.26. The molecule has 0 spiro atoms. The van der Waals surface area contributed by atoms with Gasteiger partial charge in [-0.3, -0.25) is 10.1 Å². The molecular formula is C20H27N3O4S. The highest BCUT2D eigenvalue weighted by atomic mass is 32.2. The quantitative estimate of drug-likeness (QED) is 0.739. The number of anilines is 1. The van der Waals surface area contributed by atoms with Crippen molar-refractivity contribution in [3.8, 4) is 0 Å². The monoisotopic (exact) mass is 405 g/mol. The van der Waals surface area contributed by atoms with E-state index in [4.69, 9.17) is 4.42 Å². The Labute approximate surface area is 166 Å². The number of amides is 1. The minimum atomic E-state index is -3.54. The summed E-state index contributed by atoms with van der Waals surface area (Å²) in [6.45, 7) is 4.93. The Morgan fingerprint density at radius 3 is 2.64 bits per heavy atom. The van der Waals surface area contributed by atoms with Crippen LogP contribution in [0.1, 0.15) is 43.6 Å². The predicted octanol–water partition coefficient (Wildman–Crippen LogP) is 3.05. The van der Waals surface area contributed by atoms with Gasteiger partial charge in [0, 0.05) is 18.8 Å². The first-order valence-electron chi connectivity index (χ1n) is 9.55. The number of nitrogens with zero attached hydrogens (tertiary/aromatic N) is 1. The normalized spacial score (nSPS) is 16.6. The van der Waals surface area contributed by atoms with Crippen LogP contribution >= 0.6 is 0 Å². The van der Waals surface area contributed by atoms with Crippen LogP contribution in [0.25, 0.3) is 0 Å². The summed E-state index contributed by atoms with van der Waals surface area (Å²) < 4.78 is 32.6. The van der Waals surface area contributed by atoms with Crippen LogP contribution in [0.4, 0.5) is 5.69 Å². The first-order chi connectivity index (χ1) is 13.4. The number of aryl methyl sites for hydroxylation is 1. The van der Waals surface area contributed by atoms with Gasteiger partial charge in [-0.25, -0.2) is 8.42 Å². The molecule has 0 bridgehead atoms. The van der Waals surface area contributed by atoms with E-state index in [1.165, 1.54) is 4.31 Å². The Morgan fingerprint density at radius 1 is 1.21 bits per heavy atom. The van der Waals surface area contributed by atoms with Gasteiger partial charge in [0.1, 0.15) is 5.76 Å². The zero-order valence-corrected chi connectivity index (χ0v) is 17.1. The van der Waals surface area contributed by atoms with Gasteiger partial charge in [0.15, 0.2) is 0 Å². The third kappa shape index (κ3) is 4.81. The van der Waals surface area contributed by atoms with Crippen LogP contribution in [0.5, 0.6) is 0 Å². The summed E-state index contributed by atoms with van der Waals surface area (Å²) in [5.41, 5.74) is 1.32. The van der Waals surface area contributed by atoms with E-state index in [0.29, 0.717) is 18.8 Å². The van der Waals surface area contributed by atoms with Crippen LogP contribution in [0.15, 0.2) is 45.9 Å². The molecule has 152 valence electrons. The van der Waals surface area contributed by atoms with Crippen molar-refractivity contribution >= 4 is 21.6 Å². The molecule has 1 aromatic carbocycles. The van der Waals surface area contributed by atoms with E-state index >= 15 is 0 Å². The van der Waals surface area contributed by atoms with Crippen LogP contribution in [-0.4, -0.2) is 38.3 Å². The molecule has 2 heterocycles. The van der Waals surface area contributed by atoms with Crippen LogP contribution in [-0.2, 0) is 14.8 Å². The van der Waals surface area contributed by atoms with Crippen molar-refractivity contribution in [2.24, 2.45) is 0 Å². The number of piperidine rings is 1. The lowest BCUT2D eigenvalue weighted by Crippen LogP contribution is -2.35. The van der Waals surface area contributed by atoms with Gasteiger partial charge in [-0.2, -0.15) is 4.31 Å². The zero-order chi connectivity index (χ0) is 20.1. The van der Waals surface area contributed by atoms with Gasteiger partial charge in [0.2, 0.25) is 15.9 Å². The Morgan fingerprint density at radius 2 is 1.96 bits per heavy atom. The zero-order valence-electron chi connectivity index (χ0n) is 16.3. The Hall–Kier alpha value is -2.16. The second-order valence-corrected chi connectivity index (χ2v) is 9.05. The molecule has 2 aromatic rings. The summed E-state index contributed by atoms with van der Waals surface area (Å²) in [5, 5.41) is 5.90. The molecule has 8 heteroatoms. The molecule has 1 amide bonds. The van der Waals surface area contributed by atoms with Crippen molar-refractivity contribution in [3.05, 3.63) is 47.9 Å².